The summed E-state index contributed by atoms with van der Waals surface area (Å²) < 4.78 is 13.3. The van der Waals surface area contributed by atoms with E-state index < -0.39 is 28.0 Å². The first kappa shape index (κ1) is 14.4. The Morgan fingerprint density at radius 2 is 2.26 bits per heavy atom. The third kappa shape index (κ3) is 3.67. The van der Waals surface area contributed by atoms with Crippen molar-refractivity contribution in [3.8, 4) is 12.3 Å². The van der Waals surface area contributed by atoms with Crippen LogP contribution in [0.5, 0.6) is 0 Å². The van der Waals surface area contributed by atoms with E-state index in [0.29, 0.717) is 25.5 Å². The summed E-state index contributed by atoms with van der Waals surface area (Å²) in [6.07, 6.45) is 6.10. The Hall–Kier alpha value is -2.62. The molecule has 0 unspecified atom stereocenters. The first-order chi connectivity index (χ1) is 8.97. The number of nitrogens with one attached hydrogen (secondary N) is 1. The van der Waals surface area contributed by atoms with Crippen LogP contribution in [0.15, 0.2) is 12.1 Å². The van der Waals surface area contributed by atoms with Crippen molar-refractivity contribution in [1.29, 1.82) is 0 Å². The first-order valence-electron chi connectivity index (χ1n) is 5.36. The van der Waals surface area contributed by atoms with E-state index in [1.807, 2.05) is 0 Å². The van der Waals surface area contributed by atoms with Crippen molar-refractivity contribution in [2.45, 2.75) is 12.8 Å². The number of rotatable bonds is 6. The highest BCUT2D eigenvalue weighted by Gasteiger charge is 2.21. The van der Waals surface area contributed by atoms with Crippen LogP contribution in [-0.4, -0.2) is 22.5 Å². The molecule has 0 saturated carbocycles. The van der Waals surface area contributed by atoms with Gasteiger partial charge in [-0.3, -0.25) is 10.1 Å². The molecule has 0 saturated heterocycles. The molecule has 0 fully saturated rings. The molecule has 7 heteroatoms. The van der Waals surface area contributed by atoms with Crippen LogP contribution < -0.4 is 5.32 Å². The number of carboxylic acids is 1. The average molecular weight is 266 g/mol. The van der Waals surface area contributed by atoms with Crippen LogP contribution in [0.25, 0.3) is 0 Å². The minimum Gasteiger partial charge on any atom is -0.478 e. The van der Waals surface area contributed by atoms with Crippen molar-refractivity contribution in [1.82, 2.24) is 0 Å². The minimum absolute atomic E-state index is 0.0409. The maximum Gasteiger partial charge on any atom is 0.338 e. The van der Waals surface area contributed by atoms with Crippen molar-refractivity contribution in [3.63, 3.8) is 0 Å². The van der Waals surface area contributed by atoms with Crippen LogP contribution in [0.2, 0.25) is 0 Å². The molecule has 1 aromatic rings. The van der Waals surface area contributed by atoms with Crippen molar-refractivity contribution in [3.05, 3.63) is 33.6 Å². The highest BCUT2D eigenvalue weighted by molar-refractivity contribution is 5.90. The van der Waals surface area contributed by atoms with E-state index in [-0.39, 0.29) is 5.69 Å². The van der Waals surface area contributed by atoms with Gasteiger partial charge >= 0.3 is 5.97 Å². The summed E-state index contributed by atoms with van der Waals surface area (Å²) in [6, 6.07) is 1.50. The average Bonchev–Trinajstić information content (AvgIpc) is 2.35. The number of anilines is 1. The number of nitro groups is 1. The minimum atomic E-state index is -1.49. The Balaban J connectivity index is 3.05. The molecule has 0 spiro atoms. The zero-order chi connectivity index (χ0) is 14.4. The van der Waals surface area contributed by atoms with Crippen LogP contribution >= 0.6 is 0 Å². The number of unbranched alkanes of at least 4 members (excludes halogenated alkanes) is 1. The molecule has 0 heterocycles. The van der Waals surface area contributed by atoms with Gasteiger partial charge in [-0.1, -0.05) is 0 Å². The molecule has 0 aliphatic rings. The van der Waals surface area contributed by atoms with E-state index in [4.69, 9.17) is 11.5 Å². The normalized spacial score (nSPS) is 9.68. The standard InChI is InChI=1S/C12H11FN2O4/c1-2-3-4-5-14-10-6-8(12(16)17)9(13)7-11(10)15(18)19/h1,6-7,14H,3-5H2,(H,16,17). The number of halogens is 1. The number of nitrogens with zero attached hydrogens (tertiary/aromatic N) is 1. The number of terminal acetylenes is 1. The Kier molecular flexibility index (Phi) is 4.83. The monoisotopic (exact) mass is 266 g/mol. The SMILES string of the molecule is C#CCCCNc1cc(C(=O)O)c(F)cc1[N+](=O)[O-]. The number of aromatic carboxylic acids is 1. The molecule has 1 aromatic carbocycles. The molecule has 0 amide bonds. The number of carboxylic acid groups (broad SMARTS) is 1. The van der Waals surface area contributed by atoms with Crippen LogP contribution in [0.3, 0.4) is 0 Å². The molecule has 100 valence electrons. The Bertz CT molecular complexity index is 551. The van der Waals surface area contributed by atoms with Crippen LogP contribution in [0.1, 0.15) is 23.2 Å². The van der Waals surface area contributed by atoms with Gasteiger partial charge in [0.1, 0.15) is 11.5 Å². The molecule has 6 nitrogen and oxygen atoms in total. The number of hydrogen-bond donors (Lipinski definition) is 2. The molecule has 0 bridgehead atoms. The molecule has 19 heavy (non-hydrogen) atoms. The van der Waals surface area contributed by atoms with Crippen molar-refractivity contribution >= 4 is 17.3 Å². The fourth-order valence-electron chi connectivity index (χ4n) is 1.43. The van der Waals surface area contributed by atoms with Crippen molar-refractivity contribution in [2.24, 2.45) is 0 Å². The lowest BCUT2D eigenvalue weighted by Gasteiger charge is -2.08. The van der Waals surface area contributed by atoms with Gasteiger partial charge in [0.25, 0.3) is 5.69 Å². The van der Waals surface area contributed by atoms with E-state index in [2.05, 4.69) is 11.2 Å². The van der Waals surface area contributed by atoms with Gasteiger partial charge in [-0.25, -0.2) is 9.18 Å². The summed E-state index contributed by atoms with van der Waals surface area (Å²) >= 11 is 0. The summed E-state index contributed by atoms with van der Waals surface area (Å²) in [5, 5.41) is 22.2. The highest BCUT2D eigenvalue weighted by Crippen LogP contribution is 2.27. The summed E-state index contributed by atoms with van der Waals surface area (Å²) in [5.41, 5.74) is -1.17. The van der Waals surface area contributed by atoms with E-state index in [1.165, 1.54) is 0 Å². The lowest BCUT2D eigenvalue weighted by atomic mass is 10.1. The molecular formula is C12H11FN2O4. The molecular weight excluding hydrogens is 255 g/mol. The predicted octanol–water partition coefficient (Wildman–Crippen LogP) is 2.26. The van der Waals surface area contributed by atoms with Crippen LogP contribution in [0.4, 0.5) is 15.8 Å². The second kappa shape index (κ2) is 6.35. The molecule has 1 rings (SSSR count). The number of nitro benzene ring substituents is 1. The Morgan fingerprint density at radius 1 is 1.58 bits per heavy atom. The predicted molar refractivity (Wildman–Crippen MR) is 66.6 cm³/mol. The van der Waals surface area contributed by atoms with Gasteiger partial charge < -0.3 is 10.4 Å². The van der Waals surface area contributed by atoms with Gasteiger partial charge in [-0.2, -0.15) is 0 Å². The Labute approximate surface area is 108 Å². The lowest BCUT2D eigenvalue weighted by Crippen LogP contribution is -2.08. The number of benzene rings is 1. The molecule has 0 radical (unpaired) electrons. The highest BCUT2D eigenvalue weighted by atomic mass is 19.1. The zero-order valence-electron chi connectivity index (χ0n) is 9.85. The van der Waals surface area contributed by atoms with Gasteiger partial charge in [-0.05, 0) is 12.5 Å². The second-order valence-electron chi connectivity index (χ2n) is 3.65. The third-order valence-electron chi connectivity index (χ3n) is 2.33. The lowest BCUT2D eigenvalue weighted by molar-refractivity contribution is -0.384. The van der Waals surface area contributed by atoms with Gasteiger partial charge in [-0.15, -0.1) is 12.3 Å². The maximum absolute atomic E-state index is 13.3. The summed E-state index contributed by atoms with van der Waals surface area (Å²) in [7, 11) is 0. The summed E-state index contributed by atoms with van der Waals surface area (Å²) in [6.45, 7) is 0.329. The number of carbonyl (C=O) groups is 1. The molecule has 0 atom stereocenters. The third-order valence-corrected chi connectivity index (χ3v) is 2.33. The molecule has 0 aliphatic carbocycles. The van der Waals surface area contributed by atoms with Gasteiger partial charge in [0.15, 0.2) is 0 Å². The topological polar surface area (TPSA) is 92.5 Å². The van der Waals surface area contributed by atoms with Gasteiger partial charge in [0.2, 0.25) is 0 Å². The van der Waals surface area contributed by atoms with Crippen molar-refractivity contribution < 1.29 is 19.2 Å². The zero-order valence-corrected chi connectivity index (χ0v) is 9.85. The van der Waals surface area contributed by atoms with Crippen molar-refractivity contribution in [2.75, 3.05) is 11.9 Å². The fraction of sp³-hybridized carbons (Fsp3) is 0.250. The first-order valence-corrected chi connectivity index (χ1v) is 5.36. The van der Waals surface area contributed by atoms with E-state index in [0.717, 1.165) is 6.07 Å². The smallest absolute Gasteiger partial charge is 0.338 e. The van der Waals surface area contributed by atoms with Gasteiger partial charge in [0.05, 0.1) is 16.6 Å². The molecule has 0 aliphatic heterocycles. The summed E-state index contributed by atoms with van der Waals surface area (Å²) in [4.78, 5) is 20.8. The van der Waals surface area contributed by atoms with Crippen LogP contribution in [0, 0.1) is 28.3 Å². The second-order valence-corrected chi connectivity index (χ2v) is 3.65. The number of hydrogen-bond acceptors (Lipinski definition) is 4. The largest absolute Gasteiger partial charge is 0.478 e. The van der Waals surface area contributed by atoms with Gasteiger partial charge in [0, 0.05) is 13.0 Å². The fourth-order valence-corrected chi connectivity index (χ4v) is 1.43. The van der Waals surface area contributed by atoms with E-state index >= 15 is 0 Å². The summed E-state index contributed by atoms with van der Waals surface area (Å²) in [5.74, 6) is -0.230. The van der Waals surface area contributed by atoms with E-state index in [1.54, 1.807) is 0 Å². The molecule has 0 aromatic heterocycles. The maximum atomic E-state index is 13.3. The quantitative estimate of drug-likeness (QED) is 0.356. The Morgan fingerprint density at radius 3 is 2.79 bits per heavy atom. The molecule has 2 N–H and O–H groups in total. The van der Waals surface area contributed by atoms with E-state index in [9.17, 15) is 19.3 Å². The van der Waals surface area contributed by atoms with Crippen LogP contribution in [-0.2, 0) is 0 Å².